The molecule has 1 aromatic heterocycles. The number of H-pyrrole nitrogens is 1. The van der Waals surface area contributed by atoms with E-state index >= 15 is 0 Å². The van der Waals surface area contributed by atoms with Gasteiger partial charge < -0.3 is 30.7 Å². The largest absolute Gasteiger partial charge is 0.506 e. The first kappa shape index (κ1) is 29.8. The monoisotopic (exact) mass is 580 g/mol. The maximum Gasteiger partial charge on any atom is 0.339 e. The summed E-state index contributed by atoms with van der Waals surface area (Å²) < 4.78 is 0. The molecule has 43 heavy (non-hydrogen) atoms. The van der Waals surface area contributed by atoms with Gasteiger partial charge in [0.05, 0.1) is 11.6 Å². The maximum absolute atomic E-state index is 11.6. The zero-order valence-corrected chi connectivity index (χ0v) is 24.2. The summed E-state index contributed by atoms with van der Waals surface area (Å²) in [4.78, 5) is 24.9. The van der Waals surface area contributed by atoms with Gasteiger partial charge in [0.2, 0.25) is 5.56 Å². The Kier molecular flexibility index (Phi) is 8.80. The fraction of sp³-hybridized carbons (Fsp3) is 0.257. The van der Waals surface area contributed by atoms with Crippen molar-refractivity contribution in [1.29, 1.82) is 0 Å². The summed E-state index contributed by atoms with van der Waals surface area (Å²) in [5.74, 6) is -1.28. The van der Waals surface area contributed by atoms with E-state index in [-0.39, 0.29) is 22.6 Å². The molecule has 0 amide bonds. The van der Waals surface area contributed by atoms with Gasteiger partial charge in [0.1, 0.15) is 17.1 Å². The zero-order chi connectivity index (χ0) is 30.7. The number of phenolic OH excluding ortho intramolecular Hbond substituents is 1. The normalized spacial score (nSPS) is 13.5. The van der Waals surface area contributed by atoms with E-state index in [1.165, 1.54) is 40.5 Å². The van der Waals surface area contributed by atoms with Crippen LogP contribution >= 0.6 is 0 Å². The lowest BCUT2D eigenvalue weighted by molar-refractivity contribution is 0.0694. The van der Waals surface area contributed by atoms with Crippen LogP contribution in [0.25, 0.3) is 21.7 Å². The number of aromatic carboxylic acids is 1. The van der Waals surface area contributed by atoms with Gasteiger partial charge in [-0.25, -0.2) is 4.79 Å². The summed E-state index contributed by atoms with van der Waals surface area (Å²) in [7, 11) is 0. The molecule has 0 fully saturated rings. The molecule has 1 heterocycles. The number of phenols is 2. The summed E-state index contributed by atoms with van der Waals surface area (Å²) in [5.41, 5.74) is 6.42. The van der Waals surface area contributed by atoms with Gasteiger partial charge in [0.15, 0.2) is 0 Å². The van der Waals surface area contributed by atoms with E-state index in [0.717, 1.165) is 31.1 Å². The van der Waals surface area contributed by atoms with Crippen LogP contribution in [0.3, 0.4) is 0 Å². The minimum atomic E-state index is -1.12. The lowest BCUT2D eigenvalue weighted by atomic mass is 9.97. The van der Waals surface area contributed by atoms with E-state index in [0.29, 0.717) is 34.4 Å². The Bertz CT molecular complexity index is 1830. The van der Waals surface area contributed by atoms with Crippen molar-refractivity contribution in [3.63, 3.8) is 0 Å². The van der Waals surface area contributed by atoms with Crippen LogP contribution in [0.5, 0.6) is 11.5 Å². The number of fused-ring (bicyclic) bond motifs is 3. The van der Waals surface area contributed by atoms with Crippen LogP contribution in [0.1, 0.15) is 58.1 Å². The SMILES string of the molecule is CCc1cc2c(cc1CC)CC(NC[C@H](O)c1ccc(O)c3[nH]c(=O)ccc13)C2.O=C(O)c1ccc2ccccc2c1O. The summed E-state index contributed by atoms with van der Waals surface area (Å²) in [6, 6.07) is 21.5. The van der Waals surface area contributed by atoms with Gasteiger partial charge in [-0.2, -0.15) is 0 Å². The number of hydrogen-bond donors (Lipinski definition) is 6. The molecule has 1 atom stereocenters. The summed E-state index contributed by atoms with van der Waals surface area (Å²) in [6.07, 6.45) is 3.34. The molecule has 6 rings (SSSR count). The number of rotatable bonds is 7. The van der Waals surface area contributed by atoms with Gasteiger partial charge in [0, 0.05) is 29.4 Å². The molecule has 5 aromatic rings. The average Bonchev–Trinajstić information content (AvgIpc) is 3.41. The molecule has 8 heteroatoms. The van der Waals surface area contributed by atoms with Crippen LogP contribution in [0.15, 0.2) is 77.6 Å². The van der Waals surface area contributed by atoms with Crippen molar-refractivity contribution in [1.82, 2.24) is 10.3 Å². The maximum atomic E-state index is 11.6. The number of aliphatic hydroxyl groups is 1. The molecule has 0 radical (unpaired) electrons. The van der Waals surface area contributed by atoms with Crippen LogP contribution in [0.4, 0.5) is 0 Å². The fourth-order valence-electron chi connectivity index (χ4n) is 5.94. The van der Waals surface area contributed by atoms with Crippen molar-refractivity contribution in [3.05, 3.63) is 117 Å². The number of hydrogen-bond acceptors (Lipinski definition) is 6. The molecule has 0 saturated carbocycles. The fourth-order valence-corrected chi connectivity index (χ4v) is 5.94. The molecule has 0 spiro atoms. The molecular weight excluding hydrogens is 544 g/mol. The lowest BCUT2D eigenvalue weighted by Gasteiger charge is -2.18. The number of aromatic hydroxyl groups is 2. The number of benzene rings is 4. The Labute approximate surface area is 249 Å². The number of carbonyl (C=O) groups is 1. The highest BCUT2D eigenvalue weighted by Crippen LogP contribution is 2.31. The van der Waals surface area contributed by atoms with Crippen molar-refractivity contribution >= 4 is 27.6 Å². The summed E-state index contributed by atoms with van der Waals surface area (Å²) >= 11 is 0. The third-order valence-corrected chi connectivity index (χ3v) is 8.21. The average molecular weight is 581 g/mol. The van der Waals surface area contributed by atoms with Crippen LogP contribution in [0, 0.1) is 0 Å². The molecule has 0 saturated heterocycles. The Morgan fingerprint density at radius 1 is 0.907 bits per heavy atom. The van der Waals surface area contributed by atoms with Gasteiger partial charge in [0.25, 0.3) is 0 Å². The number of aromatic nitrogens is 1. The number of carboxylic acids is 1. The predicted molar refractivity (Wildman–Crippen MR) is 168 cm³/mol. The molecule has 1 aliphatic rings. The first-order valence-electron chi connectivity index (χ1n) is 14.5. The van der Waals surface area contributed by atoms with Gasteiger partial charge >= 0.3 is 5.97 Å². The number of nitrogens with one attached hydrogen (secondary N) is 2. The molecule has 4 aromatic carbocycles. The van der Waals surface area contributed by atoms with Crippen molar-refractivity contribution in [2.24, 2.45) is 0 Å². The lowest BCUT2D eigenvalue weighted by Crippen LogP contribution is -2.33. The second-order valence-electron chi connectivity index (χ2n) is 10.9. The van der Waals surface area contributed by atoms with Crippen LogP contribution in [-0.2, 0) is 25.7 Å². The van der Waals surface area contributed by atoms with E-state index in [9.17, 15) is 24.9 Å². The van der Waals surface area contributed by atoms with Gasteiger partial charge in [-0.15, -0.1) is 0 Å². The van der Waals surface area contributed by atoms with Crippen molar-refractivity contribution in [3.8, 4) is 11.5 Å². The molecular formula is C35H36N2O6. The topological polar surface area (TPSA) is 143 Å². The van der Waals surface area contributed by atoms with E-state index in [2.05, 4.69) is 36.3 Å². The molecule has 0 aliphatic heterocycles. The van der Waals surface area contributed by atoms with E-state index in [1.807, 2.05) is 12.1 Å². The second-order valence-corrected chi connectivity index (χ2v) is 10.9. The molecule has 0 bridgehead atoms. The smallest absolute Gasteiger partial charge is 0.339 e. The van der Waals surface area contributed by atoms with Crippen molar-refractivity contribution < 1.29 is 25.2 Å². The minimum absolute atomic E-state index is 0.00584. The summed E-state index contributed by atoms with van der Waals surface area (Å²) in [6.45, 7) is 4.83. The van der Waals surface area contributed by atoms with E-state index < -0.39 is 12.1 Å². The Hall–Kier alpha value is -4.66. The number of pyridine rings is 1. The van der Waals surface area contributed by atoms with E-state index in [1.54, 1.807) is 30.3 Å². The van der Waals surface area contributed by atoms with Crippen LogP contribution in [0.2, 0.25) is 0 Å². The highest BCUT2D eigenvalue weighted by atomic mass is 16.4. The van der Waals surface area contributed by atoms with Gasteiger partial charge in [-0.05, 0) is 77.1 Å². The molecule has 8 nitrogen and oxygen atoms in total. The number of aliphatic hydroxyl groups excluding tert-OH is 1. The minimum Gasteiger partial charge on any atom is -0.506 e. The van der Waals surface area contributed by atoms with Gasteiger partial charge in [-0.1, -0.05) is 62.4 Å². The van der Waals surface area contributed by atoms with Crippen molar-refractivity contribution in [2.75, 3.05) is 6.54 Å². The third kappa shape index (κ3) is 6.26. The molecule has 0 unspecified atom stereocenters. The number of carboxylic acid groups (broad SMARTS) is 1. The highest BCUT2D eigenvalue weighted by Gasteiger charge is 2.24. The Morgan fingerprint density at radius 2 is 1.58 bits per heavy atom. The number of aryl methyl sites for hydroxylation is 2. The van der Waals surface area contributed by atoms with Crippen LogP contribution < -0.4 is 10.9 Å². The molecule has 1 aliphatic carbocycles. The van der Waals surface area contributed by atoms with Gasteiger partial charge in [-0.3, -0.25) is 4.79 Å². The zero-order valence-electron chi connectivity index (χ0n) is 24.2. The number of aromatic amines is 1. The first-order valence-corrected chi connectivity index (χ1v) is 14.5. The standard InChI is InChI=1S/C24H28N2O3.C11H8O3/c1-3-14-9-16-11-18(12-17(16)10-15(14)4-2)25-13-22(28)19-5-7-21(27)24-20(19)6-8-23(29)26-24;12-10-8-4-2-1-3-7(8)5-6-9(10)11(13)14/h5-10,18,22,25,27-28H,3-4,11-13H2,1-2H3,(H,26,29);1-6,12H,(H,13,14)/t22-;/m0./s1. The first-order chi connectivity index (χ1) is 20.7. The Balaban J connectivity index is 0.000000220. The second kappa shape index (κ2) is 12.7. The molecule has 6 N–H and O–H groups in total. The van der Waals surface area contributed by atoms with E-state index in [4.69, 9.17) is 5.11 Å². The molecule has 222 valence electrons. The Morgan fingerprint density at radius 3 is 2.23 bits per heavy atom. The predicted octanol–water partition coefficient (Wildman–Crippen LogP) is 5.39. The quantitative estimate of drug-likeness (QED) is 0.151. The van der Waals surface area contributed by atoms with Crippen LogP contribution in [-0.4, -0.2) is 44.0 Å². The summed E-state index contributed by atoms with van der Waals surface area (Å²) in [5, 5.41) is 44.8. The third-order valence-electron chi connectivity index (χ3n) is 8.21. The van der Waals surface area contributed by atoms with Crippen molar-refractivity contribution in [2.45, 2.75) is 51.7 Å². The highest BCUT2D eigenvalue weighted by molar-refractivity contribution is 6.00.